The average molecular weight is 391 g/mol. The van der Waals surface area contributed by atoms with E-state index in [-0.39, 0.29) is 4.90 Å². The summed E-state index contributed by atoms with van der Waals surface area (Å²) in [6.45, 7) is 6.47. The molecule has 1 saturated heterocycles. The van der Waals surface area contributed by atoms with Gasteiger partial charge >= 0.3 is 0 Å². The second-order valence-corrected chi connectivity index (χ2v) is 8.47. The van der Waals surface area contributed by atoms with E-state index in [1.165, 1.54) is 0 Å². The molecule has 0 aliphatic carbocycles. The molecule has 0 amide bonds. The Morgan fingerprint density at radius 2 is 2.04 bits per heavy atom. The molecule has 1 aromatic carbocycles. The first kappa shape index (κ1) is 19.6. The Morgan fingerprint density at radius 1 is 1.26 bits per heavy atom. The van der Waals surface area contributed by atoms with Gasteiger partial charge in [-0.05, 0) is 56.4 Å². The van der Waals surface area contributed by atoms with Crippen molar-refractivity contribution in [1.82, 2.24) is 14.7 Å². The van der Waals surface area contributed by atoms with Crippen LogP contribution >= 0.6 is 0 Å². The largest absolute Gasteiger partial charge is 0.494 e. The van der Waals surface area contributed by atoms with E-state index in [0.717, 1.165) is 37.3 Å². The SMILES string of the molecule is CCOc1ccc(S(=O)(=O)NCC2CCN(c3cnccn3)CC2)cc1C. The molecule has 2 heterocycles. The van der Waals surface area contributed by atoms with Crippen LogP contribution in [0.1, 0.15) is 25.3 Å². The van der Waals surface area contributed by atoms with Crippen molar-refractivity contribution in [2.24, 2.45) is 5.92 Å². The van der Waals surface area contributed by atoms with Crippen LogP contribution < -0.4 is 14.4 Å². The molecule has 146 valence electrons. The molecule has 0 bridgehead atoms. The minimum Gasteiger partial charge on any atom is -0.494 e. The number of hydrogen-bond acceptors (Lipinski definition) is 6. The quantitative estimate of drug-likeness (QED) is 0.781. The lowest BCUT2D eigenvalue weighted by Gasteiger charge is -2.32. The highest BCUT2D eigenvalue weighted by Crippen LogP contribution is 2.23. The number of nitrogens with zero attached hydrogens (tertiary/aromatic N) is 3. The van der Waals surface area contributed by atoms with E-state index in [2.05, 4.69) is 19.6 Å². The summed E-state index contributed by atoms with van der Waals surface area (Å²) in [5.74, 6) is 1.91. The average Bonchev–Trinajstić information content (AvgIpc) is 2.69. The van der Waals surface area contributed by atoms with Gasteiger partial charge in [0.15, 0.2) is 0 Å². The van der Waals surface area contributed by atoms with Crippen LogP contribution in [0.2, 0.25) is 0 Å². The second-order valence-electron chi connectivity index (χ2n) is 6.71. The highest BCUT2D eigenvalue weighted by atomic mass is 32.2. The molecule has 2 aromatic rings. The second kappa shape index (κ2) is 8.67. The van der Waals surface area contributed by atoms with Crippen molar-refractivity contribution in [2.45, 2.75) is 31.6 Å². The van der Waals surface area contributed by atoms with Gasteiger partial charge in [0.05, 0.1) is 17.7 Å². The van der Waals surface area contributed by atoms with E-state index >= 15 is 0 Å². The Labute approximate surface area is 160 Å². The number of aromatic nitrogens is 2. The van der Waals surface area contributed by atoms with Crippen molar-refractivity contribution in [1.29, 1.82) is 0 Å². The summed E-state index contributed by atoms with van der Waals surface area (Å²) in [6, 6.07) is 4.97. The van der Waals surface area contributed by atoms with Crippen LogP contribution in [0.15, 0.2) is 41.7 Å². The molecule has 1 aliphatic rings. The number of nitrogens with one attached hydrogen (secondary N) is 1. The van der Waals surface area contributed by atoms with Gasteiger partial charge in [0.1, 0.15) is 11.6 Å². The molecule has 0 spiro atoms. The van der Waals surface area contributed by atoms with Gasteiger partial charge in [-0.25, -0.2) is 18.1 Å². The molecule has 1 aromatic heterocycles. The van der Waals surface area contributed by atoms with E-state index in [9.17, 15) is 8.42 Å². The lowest BCUT2D eigenvalue weighted by molar-refractivity contribution is 0.337. The zero-order valence-electron chi connectivity index (χ0n) is 15.8. The fraction of sp³-hybridized carbons (Fsp3) is 0.474. The van der Waals surface area contributed by atoms with Gasteiger partial charge in [-0.3, -0.25) is 4.98 Å². The number of aryl methyl sites for hydroxylation is 1. The normalized spacial score (nSPS) is 15.7. The van der Waals surface area contributed by atoms with Crippen LogP contribution in [0.25, 0.3) is 0 Å². The van der Waals surface area contributed by atoms with Crippen molar-refractivity contribution in [3.05, 3.63) is 42.4 Å². The first-order chi connectivity index (χ1) is 13.0. The van der Waals surface area contributed by atoms with E-state index in [0.29, 0.717) is 24.8 Å². The van der Waals surface area contributed by atoms with Crippen molar-refractivity contribution < 1.29 is 13.2 Å². The van der Waals surface area contributed by atoms with Gasteiger partial charge in [-0.2, -0.15) is 0 Å². The molecule has 27 heavy (non-hydrogen) atoms. The van der Waals surface area contributed by atoms with Gasteiger partial charge in [-0.1, -0.05) is 0 Å². The molecule has 0 saturated carbocycles. The van der Waals surface area contributed by atoms with Gasteiger partial charge in [0, 0.05) is 32.0 Å². The van der Waals surface area contributed by atoms with E-state index in [4.69, 9.17) is 4.74 Å². The van der Waals surface area contributed by atoms with E-state index < -0.39 is 10.0 Å². The Balaban J connectivity index is 1.54. The minimum atomic E-state index is -3.52. The summed E-state index contributed by atoms with van der Waals surface area (Å²) in [4.78, 5) is 10.9. The van der Waals surface area contributed by atoms with Crippen molar-refractivity contribution in [3.63, 3.8) is 0 Å². The monoisotopic (exact) mass is 390 g/mol. The predicted molar refractivity (Wildman–Crippen MR) is 105 cm³/mol. The lowest BCUT2D eigenvalue weighted by Crippen LogP contribution is -2.39. The summed E-state index contributed by atoms with van der Waals surface area (Å²) >= 11 is 0. The third kappa shape index (κ3) is 4.95. The van der Waals surface area contributed by atoms with E-state index in [1.807, 2.05) is 13.8 Å². The summed E-state index contributed by atoms with van der Waals surface area (Å²) in [5.41, 5.74) is 0.817. The van der Waals surface area contributed by atoms with Crippen LogP contribution in [0.3, 0.4) is 0 Å². The molecule has 7 nitrogen and oxygen atoms in total. The molecular formula is C19H26N4O3S. The fourth-order valence-electron chi connectivity index (χ4n) is 3.24. The first-order valence-electron chi connectivity index (χ1n) is 9.23. The highest BCUT2D eigenvalue weighted by Gasteiger charge is 2.23. The molecule has 0 unspecified atom stereocenters. The Hall–Kier alpha value is -2.19. The summed E-state index contributed by atoms with van der Waals surface area (Å²) in [6.07, 6.45) is 6.95. The first-order valence-corrected chi connectivity index (χ1v) is 10.7. The molecule has 1 N–H and O–H groups in total. The molecule has 0 atom stereocenters. The standard InChI is InChI=1S/C19H26N4O3S/c1-3-26-18-5-4-17(12-15(18)2)27(24,25)22-13-16-6-10-23(11-7-16)19-14-20-8-9-21-19/h4-5,8-9,12,14,16,22H,3,6-7,10-11,13H2,1-2H3. The predicted octanol–water partition coefficient (Wildman–Crippen LogP) is 2.38. The van der Waals surface area contributed by atoms with Crippen LogP contribution in [-0.2, 0) is 10.0 Å². The highest BCUT2D eigenvalue weighted by molar-refractivity contribution is 7.89. The minimum absolute atomic E-state index is 0.278. The number of ether oxygens (including phenoxy) is 1. The Kier molecular flexibility index (Phi) is 6.28. The number of sulfonamides is 1. The number of rotatable bonds is 7. The van der Waals surface area contributed by atoms with Gasteiger partial charge in [0.2, 0.25) is 10.0 Å². The zero-order valence-corrected chi connectivity index (χ0v) is 16.6. The maximum Gasteiger partial charge on any atom is 0.240 e. The summed E-state index contributed by atoms with van der Waals surface area (Å²) in [7, 11) is -3.52. The maximum atomic E-state index is 12.6. The molecule has 3 rings (SSSR count). The van der Waals surface area contributed by atoms with Crippen molar-refractivity contribution >= 4 is 15.8 Å². The van der Waals surface area contributed by atoms with Gasteiger partial charge in [0.25, 0.3) is 0 Å². The molecular weight excluding hydrogens is 364 g/mol. The van der Waals surface area contributed by atoms with Crippen LogP contribution in [0.4, 0.5) is 5.82 Å². The van der Waals surface area contributed by atoms with Crippen LogP contribution in [0, 0.1) is 12.8 Å². The molecule has 0 radical (unpaired) electrons. The van der Waals surface area contributed by atoms with E-state index in [1.54, 1.807) is 36.8 Å². The maximum absolute atomic E-state index is 12.6. The third-order valence-corrected chi connectivity index (χ3v) is 6.23. The van der Waals surface area contributed by atoms with Crippen LogP contribution in [0.5, 0.6) is 5.75 Å². The van der Waals surface area contributed by atoms with Crippen molar-refractivity contribution in [2.75, 3.05) is 31.1 Å². The fourth-order valence-corrected chi connectivity index (χ4v) is 4.44. The molecule has 1 fully saturated rings. The Morgan fingerprint density at radius 3 is 2.67 bits per heavy atom. The lowest BCUT2D eigenvalue weighted by atomic mass is 9.97. The summed E-state index contributed by atoms with van der Waals surface area (Å²) in [5, 5.41) is 0. The number of hydrogen-bond donors (Lipinski definition) is 1. The smallest absolute Gasteiger partial charge is 0.240 e. The van der Waals surface area contributed by atoms with Gasteiger partial charge < -0.3 is 9.64 Å². The topological polar surface area (TPSA) is 84.4 Å². The number of benzene rings is 1. The zero-order chi connectivity index (χ0) is 19.3. The molecule has 1 aliphatic heterocycles. The third-order valence-electron chi connectivity index (χ3n) is 4.81. The molecule has 8 heteroatoms. The van der Waals surface area contributed by atoms with Gasteiger partial charge in [-0.15, -0.1) is 0 Å². The number of piperidine rings is 1. The number of anilines is 1. The summed E-state index contributed by atoms with van der Waals surface area (Å²) < 4.78 is 33.4. The van der Waals surface area contributed by atoms with Crippen molar-refractivity contribution in [3.8, 4) is 5.75 Å². The Bertz CT molecular complexity index is 851. The van der Waals surface area contributed by atoms with Crippen LogP contribution in [-0.4, -0.2) is 44.6 Å².